The number of rotatable bonds is 12. The van der Waals surface area contributed by atoms with Crippen molar-refractivity contribution in [2.45, 2.75) is 50.3 Å². The highest BCUT2D eigenvalue weighted by Crippen LogP contribution is 2.37. The lowest BCUT2D eigenvalue weighted by Gasteiger charge is -2.29. The number of aromatic nitrogens is 1. The van der Waals surface area contributed by atoms with Crippen LogP contribution >= 0.6 is 11.8 Å². The standard InChI is InChI=1S/C37H34F6N4O4S/c38-36(39,40)27-16-24(17-28(19-27)37(41,42)43)21-45-34(50)26-9-11-44-32(18-26)30-20-29(47-12-2-1-3-13-47)7-8-31(30)46-35(51)25-6-4-5-23(15-25)22-52-14-10-33(48)49/h4-9,11,15-20H,1-3,10,12-14,21-22H2,(H,45,50)(H,46,51)(H,48,49). The lowest BCUT2D eigenvalue weighted by molar-refractivity contribution is -0.143. The number of benzene rings is 3. The molecule has 1 aromatic heterocycles. The van der Waals surface area contributed by atoms with Crippen molar-refractivity contribution in [3.05, 3.63) is 112 Å². The van der Waals surface area contributed by atoms with Gasteiger partial charge in [-0.25, -0.2) is 0 Å². The second-order valence-corrected chi connectivity index (χ2v) is 13.3. The average Bonchev–Trinajstić information content (AvgIpc) is 3.12. The molecule has 2 amide bonds. The first-order chi connectivity index (χ1) is 24.7. The molecule has 52 heavy (non-hydrogen) atoms. The normalized spacial score (nSPS) is 13.5. The van der Waals surface area contributed by atoms with Crippen LogP contribution in [0.1, 0.15) is 68.7 Å². The predicted molar refractivity (Wildman–Crippen MR) is 186 cm³/mol. The molecule has 0 radical (unpaired) electrons. The first-order valence-corrected chi connectivity index (χ1v) is 17.4. The van der Waals surface area contributed by atoms with Crippen LogP contribution in [0.5, 0.6) is 0 Å². The van der Waals surface area contributed by atoms with Gasteiger partial charge in [-0.05, 0) is 91.1 Å². The van der Waals surface area contributed by atoms with Gasteiger partial charge in [0.1, 0.15) is 0 Å². The molecule has 0 atom stereocenters. The number of aliphatic carboxylic acids is 1. The number of hydrogen-bond acceptors (Lipinski definition) is 6. The Morgan fingerprint density at radius 3 is 2.15 bits per heavy atom. The third-order valence-electron chi connectivity index (χ3n) is 8.29. The largest absolute Gasteiger partial charge is 0.481 e. The zero-order valence-electron chi connectivity index (χ0n) is 27.6. The summed E-state index contributed by atoms with van der Waals surface area (Å²) in [4.78, 5) is 44.1. The van der Waals surface area contributed by atoms with E-state index >= 15 is 0 Å². The van der Waals surface area contributed by atoms with Crippen LogP contribution in [0.25, 0.3) is 11.3 Å². The van der Waals surface area contributed by atoms with E-state index in [1.165, 1.54) is 30.1 Å². The van der Waals surface area contributed by atoms with Crippen LogP contribution in [0.2, 0.25) is 0 Å². The fourth-order valence-electron chi connectivity index (χ4n) is 5.67. The molecular formula is C37H34F6N4O4S. The molecule has 8 nitrogen and oxygen atoms in total. The first kappa shape index (κ1) is 38.2. The third-order valence-corrected chi connectivity index (χ3v) is 9.32. The lowest BCUT2D eigenvalue weighted by atomic mass is 10.0. The minimum atomic E-state index is -5.03. The zero-order chi connectivity index (χ0) is 37.5. The molecule has 1 aliphatic heterocycles. The van der Waals surface area contributed by atoms with E-state index in [1.54, 1.807) is 24.3 Å². The highest BCUT2D eigenvalue weighted by molar-refractivity contribution is 7.98. The Kier molecular flexibility index (Phi) is 12.1. The molecule has 0 unspecified atom stereocenters. The molecule has 2 heterocycles. The number of pyridine rings is 1. The Bertz CT molecular complexity index is 1900. The van der Waals surface area contributed by atoms with Crippen LogP contribution in [0, 0.1) is 0 Å². The number of halogens is 6. The van der Waals surface area contributed by atoms with E-state index in [0.717, 1.165) is 43.6 Å². The molecule has 5 rings (SSSR count). The quantitative estimate of drug-likeness (QED) is 0.0984. The third kappa shape index (κ3) is 10.3. The molecular weight excluding hydrogens is 710 g/mol. The van der Waals surface area contributed by atoms with Crippen molar-refractivity contribution in [1.29, 1.82) is 0 Å². The van der Waals surface area contributed by atoms with Crippen molar-refractivity contribution in [1.82, 2.24) is 10.3 Å². The van der Waals surface area contributed by atoms with E-state index in [2.05, 4.69) is 20.5 Å². The highest BCUT2D eigenvalue weighted by atomic mass is 32.2. The summed E-state index contributed by atoms with van der Waals surface area (Å²) in [6, 6.07) is 16.3. The number of anilines is 2. The van der Waals surface area contributed by atoms with Gasteiger partial charge in [0.2, 0.25) is 0 Å². The predicted octanol–water partition coefficient (Wildman–Crippen LogP) is 8.67. The maximum absolute atomic E-state index is 13.5. The zero-order valence-corrected chi connectivity index (χ0v) is 28.4. The Morgan fingerprint density at radius 1 is 0.788 bits per heavy atom. The molecule has 0 spiro atoms. The number of hydrogen-bond donors (Lipinski definition) is 3. The molecule has 4 aromatic rings. The first-order valence-electron chi connectivity index (χ1n) is 16.3. The summed E-state index contributed by atoms with van der Waals surface area (Å²) < 4.78 is 80.1. The highest BCUT2D eigenvalue weighted by Gasteiger charge is 2.37. The minimum Gasteiger partial charge on any atom is -0.481 e. The average molecular weight is 745 g/mol. The molecule has 0 saturated carbocycles. The molecule has 1 aliphatic rings. The SMILES string of the molecule is O=C(O)CCSCc1cccc(C(=O)Nc2ccc(N3CCCCC3)cc2-c2cc(C(=O)NCc3cc(C(F)(F)F)cc(C(F)(F)F)c3)ccn2)c1. The molecule has 1 fully saturated rings. The van der Waals surface area contributed by atoms with Crippen LogP contribution < -0.4 is 15.5 Å². The summed E-state index contributed by atoms with van der Waals surface area (Å²) in [5, 5.41) is 14.2. The topological polar surface area (TPSA) is 112 Å². The number of nitrogens with one attached hydrogen (secondary N) is 2. The number of alkyl halides is 6. The number of thioether (sulfide) groups is 1. The van der Waals surface area contributed by atoms with Gasteiger partial charge in [0.25, 0.3) is 11.8 Å². The van der Waals surface area contributed by atoms with Crippen LogP contribution in [-0.2, 0) is 29.4 Å². The number of piperidine rings is 1. The number of carbonyl (C=O) groups is 3. The molecule has 3 N–H and O–H groups in total. The summed E-state index contributed by atoms with van der Waals surface area (Å²) in [5.74, 6) is -1.13. The van der Waals surface area contributed by atoms with Gasteiger partial charge in [0.05, 0.1) is 28.9 Å². The molecule has 3 aromatic carbocycles. The summed E-state index contributed by atoms with van der Waals surface area (Å²) in [6.45, 7) is 1.04. The van der Waals surface area contributed by atoms with E-state index < -0.39 is 47.8 Å². The fourth-order valence-corrected chi connectivity index (χ4v) is 6.55. The van der Waals surface area contributed by atoms with Crippen LogP contribution in [-0.4, -0.2) is 46.7 Å². The molecule has 0 bridgehead atoms. The van der Waals surface area contributed by atoms with E-state index in [0.29, 0.717) is 46.1 Å². The Morgan fingerprint density at radius 2 is 1.48 bits per heavy atom. The summed E-state index contributed by atoms with van der Waals surface area (Å²) in [5.41, 5.74) is -0.0627. The van der Waals surface area contributed by atoms with Gasteiger partial charge in [-0.1, -0.05) is 12.1 Å². The van der Waals surface area contributed by atoms with Crippen molar-refractivity contribution in [2.75, 3.05) is 29.1 Å². The minimum absolute atomic E-state index is 0.0236. The molecule has 15 heteroatoms. The van der Waals surface area contributed by atoms with Gasteiger partial charge in [0.15, 0.2) is 0 Å². The van der Waals surface area contributed by atoms with E-state index in [9.17, 15) is 40.7 Å². The van der Waals surface area contributed by atoms with Crippen molar-refractivity contribution in [3.8, 4) is 11.3 Å². The van der Waals surface area contributed by atoms with Gasteiger partial charge in [-0.15, -0.1) is 0 Å². The monoisotopic (exact) mass is 744 g/mol. The van der Waals surface area contributed by atoms with E-state index in [-0.39, 0.29) is 23.6 Å². The molecule has 274 valence electrons. The van der Waals surface area contributed by atoms with Gasteiger partial charge in [0, 0.05) is 59.7 Å². The van der Waals surface area contributed by atoms with Crippen molar-refractivity contribution >= 4 is 40.9 Å². The van der Waals surface area contributed by atoms with E-state index in [1.807, 2.05) is 18.2 Å². The number of carboxylic acid groups (broad SMARTS) is 1. The summed E-state index contributed by atoms with van der Waals surface area (Å²) in [6.07, 6.45) is -5.57. The van der Waals surface area contributed by atoms with Crippen LogP contribution in [0.4, 0.5) is 37.7 Å². The van der Waals surface area contributed by atoms with Gasteiger partial charge in [-0.2, -0.15) is 38.1 Å². The second kappa shape index (κ2) is 16.5. The van der Waals surface area contributed by atoms with Crippen LogP contribution in [0.15, 0.2) is 79.0 Å². The van der Waals surface area contributed by atoms with Crippen molar-refractivity contribution in [2.24, 2.45) is 0 Å². The molecule has 0 aliphatic carbocycles. The fraction of sp³-hybridized carbons (Fsp3) is 0.297. The Hall–Kier alpha value is -5.05. The van der Waals surface area contributed by atoms with Crippen molar-refractivity contribution < 1.29 is 45.8 Å². The van der Waals surface area contributed by atoms with Crippen LogP contribution in [0.3, 0.4) is 0 Å². The summed E-state index contributed by atoms with van der Waals surface area (Å²) >= 11 is 1.43. The lowest BCUT2D eigenvalue weighted by Crippen LogP contribution is -2.29. The van der Waals surface area contributed by atoms with Gasteiger partial charge >= 0.3 is 18.3 Å². The molecule has 1 saturated heterocycles. The number of carboxylic acids is 1. The maximum atomic E-state index is 13.5. The van der Waals surface area contributed by atoms with E-state index in [4.69, 9.17) is 5.11 Å². The number of amides is 2. The Labute approximate surface area is 299 Å². The maximum Gasteiger partial charge on any atom is 0.416 e. The number of carbonyl (C=O) groups excluding carboxylic acids is 2. The Balaban J connectivity index is 1.39. The smallest absolute Gasteiger partial charge is 0.416 e. The van der Waals surface area contributed by atoms with Gasteiger partial charge in [-0.3, -0.25) is 19.4 Å². The number of nitrogens with zero attached hydrogens (tertiary/aromatic N) is 2. The second-order valence-electron chi connectivity index (χ2n) is 12.2. The van der Waals surface area contributed by atoms with Crippen molar-refractivity contribution in [3.63, 3.8) is 0 Å². The summed E-state index contributed by atoms with van der Waals surface area (Å²) in [7, 11) is 0. The van der Waals surface area contributed by atoms with Gasteiger partial charge < -0.3 is 20.6 Å².